The number of aromatic nitrogens is 2. The van der Waals surface area contributed by atoms with Crippen LogP contribution >= 0.6 is 0 Å². The average Bonchev–Trinajstić information content (AvgIpc) is 3.62. The Morgan fingerprint density at radius 3 is 1.98 bits per heavy atom. The van der Waals surface area contributed by atoms with Crippen LogP contribution in [0, 0.1) is 19.0 Å². The van der Waals surface area contributed by atoms with E-state index in [0.717, 1.165) is 60.6 Å². The van der Waals surface area contributed by atoms with Crippen molar-refractivity contribution in [1.82, 2.24) is 9.97 Å². The zero-order valence-corrected chi connectivity index (χ0v) is 38.4. The van der Waals surface area contributed by atoms with E-state index in [0.29, 0.717) is 22.8 Å². The van der Waals surface area contributed by atoms with Gasteiger partial charge in [0.05, 0.1) is 5.58 Å². The Balaban J connectivity index is 0.000000295. The summed E-state index contributed by atoms with van der Waals surface area (Å²) in [5, 5.41) is 6.68. The van der Waals surface area contributed by atoms with E-state index in [9.17, 15) is 0 Å². The number of furan rings is 1. The van der Waals surface area contributed by atoms with Crippen LogP contribution < -0.4 is 0 Å². The minimum absolute atomic E-state index is 0. The molecule has 305 valence electrons. The van der Waals surface area contributed by atoms with E-state index in [4.69, 9.17) is 13.5 Å². The molecular formula is C56H54IrN2O-2. The molecular weight excluding hydrogens is 909 g/mol. The van der Waals surface area contributed by atoms with E-state index in [-0.39, 0.29) is 42.9 Å². The molecule has 4 heteroatoms. The van der Waals surface area contributed by atoms with Crippen molar-refractivity contribution in [2.24, 2.45) is 0 Å². The molecule has 0 aliphatic carbocycles. The number of pyridine rings is 2. The van der Waals surface area contributed by atoms with E-state index < -0.39 is 6.85 Å². The number of rotatable bonds is 6. The van der Waals surface area contributed by atoms with Crippen molar-refractivity contribution in [1.29, 1.82) is 0 Å². The van der Waals surface area contributed by atoms with Crippen molar-refractivity contribution in [3.63, 3.8) is 0 Å². The average molecular weight is 966 g/mol. The summed E-state index contributed by atoms with van der Waals surface area (Å²) in [5.74, 6) is 0.750. The Hall–Kier alpha value is -5.41. The Morgan fingerprint density at radius 1 is 0.617 bits per heavy atom. The summed E-state index contributed by atoms with van der Waals surface area (Å²) >= 11 is 0. The molecule has 0 aliphatic rings. The van der Waals surface area contributed by atoms with Crippen LogP contribution in [0.3, 0.4) is 0 Å². The van der Waals surface area contributed by atoms with Crippen LogP contribution in [0.15, 0.2) is 132 Å². The molecule has 0 unspecified atom stereocenters. The molecule has 0 atom stereocenters. The molecule has 1 radical (unpaired) electrons. The van der Waals surface area contributed by atoms with Gasteiger partial charge < -0.3 is 14.4 Å². The van der Waals surface area contributed by atoms with E-state index >= 15 is 0 Å². The number of benzene rings is 6. The molecule has 9 aromatic rings. The maximum atomic E-state index is 8.50. The first-order valence-corrected chi connectivity index (χ1v) is 20.8. The Morgan fingerprint density at radius 2 is 1.33 bits per heavy atom. The van der Waals surface area contributed by atoms with Crippen molar-refractivity contribution in [2.75, 3.05) is 0 Å². The third-order valence-corrected chi connectivity index (χ3v) is 11.5. The molecule has 3 heterocycles. The number of aryl methyl sites for hydroxylation is 1. The van der Waals surface area contributed by atoms with E-state index in [1.54, 1.807) is 0 Å². The Labute approximate surface area is 373 Å². The summed E-state index contributed by atoms with van der Waals surface area (Å²) in [6, 6.07) is 46.2. The van der Waals surface area contributed by atoms with Crippen molar-refractivity contribution in [2.45, 2.75) is 92.3 Å². The van der Waals surface area contributed by atoms with Crippen LogP contribution in [-0.2, 0) is 25.5 Å². The largest absolute Gasteiger partial charge is 0.501 e. The zero-order chi connectivity index (χ0) is 44.1. The molecule has 0 saturated heterocycles. The molecule has 3 aromatic heterocycles. The molecule has 0 fully saturated rings. The minimum atomic E-state index is -2.34. The molecule has 6 aromatic carbocycles. The standard InChI is InChI=1S/C41H38NO.C15H16N.Ir/c1-23(2)29-18-33(24(3)4)40(34(19-29)25(5)6)35-20-38(42-22-26(35)7)32-14-10-13-31-37-17-28-16-15-27-11-8-9-12-30(27)36(28)21-39(37)43-41(31)32;1-15(2,3)13-9-10-14(16-11-13)12-7-5-4-6-8-12;/h8-13,15-25H,1-7H3;4-7,9-11H,1-3H3;/q2*-1;/i7D3;;. The molecule has 0 aliphatic heterocycles. The summed E-state index contributed by atoms with van der Waals surface area (Å²) < 4.78 is 32.1. The second kappa shape index (κ2) is 17.3. The van der Waals surface area contributed by atoms with Gasteiger partial charge in [0.15, 0.2) is 0 Å². The van der Waals surface area contributed by atoms with Gasteiger partial charge in [-0.1, -0.05) is 140 Å². The second-order valence-electron chi connectivity index (χ2n) is 17.7. The maximum absolute atomic E-state index is 8.50. The molecule has 0 saturated carbocycles. The first kappa shape index (κ1) is 38.8. The molecule has 3 nitrogen and oxygen atoms in total. The molecule has 0 amide bonds. The third kappa shape index (κ3) is 8.33. The van der Waals surface area contributed by atoms with E-state index in [2.05, 4.69) is 152 Å². The topological polar surface area (TPSA) is 38.9 Å². The van der Waals surface area contributed by atoms with Crippen molar-refractivity contribution >= 4 is 43.5 Å². The summed E-state index contributed by atoms with van der Waals surface area (Å²) in [6.07, 6.45) is 3.49. The fourth-order valence-corrected chi connectivity index (χ4v) is 8.05. The fraction of sp³-hybridized carbons (Fsp3) is 0.250. The van der Waals surface area contributed by atoms with Gasteiger partial charge in [0.2, 0.25) is 0 Å². The number of fused-ring (bicyclic) bond motifs is 6. The van der Waals surface area contributed by atoms with Crippen molar-refractivity contribution in [3.8, 4) is 33.6 Å². The molecule has 0 N–H and O–H groups in total. The van der Waals surface area contributed by atoms with Crippen molar-refractivity contribution < 1.29 is 28.6 Å². The SMILES string of the molecule is CC(C)(C)c1ccc(-c2[c-]cccc2)nc1.[2H]C([2H])([2H])c1cnc(-c2[c-]ccc3c2oc2cc4c(ccc5ccccc54)cc23)cc1-c1c(C(C)C)cc(C(C)C)cc1C(C)C.[Ir]. The smallest absolute Gasteiger partial charge is 0.121 e. The number of nitrogens with zero attached hydrogens (tertiary/aromatic N) is 2. The van der Waals surface area contributed by atoms with E-state index in [1.165, 1.54) is 28.1 Å². The molecule has 9 rings (SSSR count). The van der Waals surface area contributed by atoms with Gasteiger partial charge in [-0.25, -0.2) is 0 Å². The van der Waals surface area contributed by atoms with Crippen LogP contribution in [0.2, 0.25) is 0 Å². The zero-order valence-electron chi connectivity index (χ0n) is 39.0. The monoisotopic (exact) mass is 966 g/mol. The second-order valence-corrected chi connectivity index (χ2v) is 17.7. The van der Waals surface area contributed by atoms with Gasteiger partial charge in [0.25, 0.3) is 0 Å². The third-order valence-electron chi connectivity index (χ3n) is 11.5. The van der Waals surface area contributed by atoms with Gasteiger partial charge in [-0.15, -0.1) is 54.1 Å². The van der Waals surface area contributed by atoms with Crippen LogP contribution in [0.4, 0.5) is 0 Å². The number of hydrogen-bond acceptors (Lipinski definition) is 3. The minimum Gasteiger partial charge on any atom is -0.501 e. The fourth-order valence-electron chi connectivity index (χ4n) is 8.05. The van der Waals surface area contributed by atoms with E-state index in [1.807, 2.05) is 48.7 Å². The Kier molecular flexibility index (Phi) is 11.2. The quantitative estimate of drug-likeness (QED) is 0.123. The summed E-state index contributed by atoms with van der Waals surface area (Å²) in [7, 11) is 0. The van der Waals surface area contributed by atoms with Crippen LogP contribution in [0.25, 0.3) is 77.1 Å². The van der Waals surface area contributed by atoms with Crippen LogP contribution in [0.5, 0.6) is 0 Å². The summed E-state index contributed by atoms with van der Waals surface area (Å²) in [5.41, 5.74) is 11.8. The maximum Gasteiger partial charge on any atom is 0.121 e. The van der Waals surface area contributed by atoms with Crippen molar-refractivity contribution in [3.05, 3.63) is 168 Å². The summed E-state index contributed by atoms with van der Waals surface area (Å²) in [4.78, 5) is 9.25. The van der Waals surface area contributed by atoms with Gasteiger partial charge in [-0.05, 0) is 114 Å². The van der Waals surface area contributed by atoms with Crippen LogP contribution in [-0.4, -0.2) is 9.97 Å². The van der Waals surface area contributed by atoms with Crippen LogP contribution in [0.1, 0.15) is 112 Å². The van der Waals surface area contributed by atoms with Gasteiger partial charge >= 0.3 is 0 Å². The molecule has 0 bridgehead atoms. The van der Waals surface area contributed by atoms with Gasteiger partial charge in [0.1, 0.15) is 5.58 Å². The predicted octanol–water partition coefficient (Wildman–Crippen LogP) is 15.9. The van der Waals surface area contributed by atoms with Gasteiger partial charge in [-0.2, -0.15) is 0 Å². The molecule has 60 heavy (non-hydrogen) atoms. The van der Waals surface area contributed by atoms with Gasteiger partial charge in [-0.3, -0.25) is 0 Å². The first-order valence-electron chi connectivity index (χ1n) is 22.3. The normalized spacial score (nSPS) is 12.8. The molecule has 0 spiro atoms. The number of hydrogen-bond donors (Lipinski definition) is 0. The first-order chi connectivity index (χ1) is 29.5. The predicted molar refractivity (Wildman–Crippen MR) is 250 cm³/mol. The Bertz CT molecular complexity index is 3040. The van der Waals surface area contributed by atoms with Gasteiger partial charge in [0, 0.05) is 42.0 Å². The summed E-state index contributed by atoms with van der Waals surface area (Å²) in [6.45, 7) is 17.4.